The fourth-order valence-electron chi connectivity index (χ4n) is 1.79. The SMILES string of the molecule is NC(N)=NCCC[C@H](NC(=O)[C@@H](N)CC(=O)O)C(=O)N[C@@H](CS)C(=O)O. The summed E-state index contributed by atoms with van der Waals surface area (Å²) in [5, 5.41) is 22.2. The highest BCUT2D eigenvalue weighted by molar-refractivity contribution is 7.80. The molecule has 0 aliphatic carbocycles. The van der Waals surface area contributed by atoms with Crippen molar-refractivity contribution in [2.45, 2.75) is 37.4 Å². The summed E-state index contributed by atoms with van der Waals surface area (Å²) in [4.78, 5) is 49.5. The summed E-state index contributed by atoms with van der Waals surface area (Å²) in [6.07, 6.45) is -0.251. The zero-order valence-corrected chi connectivity index (χ0v) is 14.8. The minimum Gasteiger partial charge on any atom is -0.481 e. The second kappa shape index (κ2) is 11.9. The number of carboxylic acids is 2. The van der Waals surface area contributed by atoms with E-state index in [1.54, 1.807) is 0 Å². The van der Waals surface area contributed by atoms with Crippen LogP contribution in [-0.2, 0) is 19.2 Å². The number of rotatable bonds is 12. The number of nitrogens with one attached hydrogen (secondary N) is 2. The molecule has 0 bridgehead atoms. The summed E-state index contributed by atoms with van der Waals surface area (Å²) in [6, 6.07) is -3.76. The van der Waals surface area contributed by atoms with Crippen molar-refractivity contribution in [3.8, 4) is 0 Å². The lowest BCUT2D eigenvalue weighted by Gasteiger charge is -2.22. The van der Waals surface area contributed by atoms with Crippen LogP contribution < -0.4 is 27.8 Å². The third-order valence-corrected chi connectivity index (χ3v) is 3.47. The Kier molecular flexibility index (Phi) is 10.8. The Hall–Kier alpha value is -2.54. The van der Waals surface area contributed by atoms with Gasteiger partial charge in [0.25, 0.3) is 0 Å². The number of carboxylic acid groups (broad SMARTS) is 2. The summed E-state index contributed by atoms with van der Waals surface area (Å²) < 4.78 is 0. The maximum Gasteiger partial charge on any atom is 0.327 e. The zero-order chi connectivity index (χ0) is 20.3. The largest absolute Gasteiger partial charge is 0.481 e. The Morgan fingerprint density at radius 2 is 1.62 bits per heavy atom. The van der Waals surface area contributed by atoms with E-state index in [9.17, 15) is 19.2 Å². The first kappa shape index (κ1) is 23.5. The molecular weight excluding hydrogens is 368 g/mol. The van der Waals surface area contributed by atoms with Gasteiger partial charge < -0.3 is 38.0 Å². The highest BCUT2D eigenvalue weighted by Gasteiger charge is 2.27. The Morgan fingerprint density at radius 3 is 2.08 bits per heavy atom. The molecule has 3 atom stereocenters. The standard InChI is InChI=1S/C13H24N6O6S/c14-6(4-9(20)21)10(22)18-7(2-1-3-17-13(15)16)11(23)19-8(5-26)12(24)25/h6-8,26H,1-5,14H2,(H,18,22)(H,19,23)(H,20,21)(H,24,25)(H4,15,16,17)/t6-,7-,8-/m0/s1. The highest BCUT2D eigenvalue weighted by Crippen LogP contribution is 2.02. The van der Waals surface area contributed by atoms with E-state index in [0.29, 0.717) is 6.42 Å². The number of thiol groups is 1. The van der Waals surface area contributed by atoms with Crippen LogP contribution in [-0.4, -0.2) is 70.3 Å². The number of aliphatic imine (C=N–C) groups is 1. The lowest BCUT2D eigenvalue weighted by molar-refractivity contribution is -0.142. The molecule has 0 aromatic heterocycles. The molecule has 0 saturated heterocycles. The van der Waals surface area contributed by atoms with Gasteiger partial charge in [-0.05, 0) is 12.8 Å². The van der Waals surface area contributed by atoms with E-state index in [1.807, 2.05) is 0 Å². The smallest absolute Gasteiger partial charge is 0.327 e. The van der Waals surface area contributed by atoms with Gasteiger partial charge in [0.2, 0.25) is 11.8 Å². The van der Waals surface area contributed by atoms with Gasteiger partial charge >= 0.3 is 11.9 Å². The number of aliphatic carboxylic acids is 2. The lowest BCUT2D eigenvalue weighted by atomic mass is 10.1. The van der Waals surface area contributed by atoms with Crippen LogP contribution in [0.25, 0.3) is 0 Å². The van der Waals surface area contributed by atoms with E-state index < -0.39 is 48.3 Å². The van der Waals surface area contributed by atoms with Crippen LogP contribution in [0, 0.1) is 0 Å². The van der Waals surface area contributed by atoms with Crippen molar-refractivity contribution in [2.75, 3.05) is 12.3 Å². The fraction of sp³-hybridized carbons (Fsp3) is 0.615. The van der Waals surface area contributed by atoms with Crippen LogP contribution in [0.2, 0.25) is 0 Å². The molecule has 0 saturated carbocycles. The van der Waals surface area contributed by atoms with Crippen molar-refractivity contribution in [3.63, 3.8) is 0 Å². The van der Waals surface area contributed by atoms with E-state index >= 15 is 0 Å². The molecule has 0 heterocycles. The molecule has 0 fully saturated rings. The van der Waals surface area contributed by atoms with Crippen LogP contribution in [0.15, 0.2) is 4.99 Å². The second-order valence-electron chi connectivity index (χ2n) is 5.30. The molecule has 10 N–H and O–H groups in total. The quantitative estimate of drug-likeness (QED) is 0.0724. The number of hydrogen-bond donors (Lipinski definition) is 8. The molecule has 2 amide bonds. The summed E-state index contributed by atoms with van der Waals surface area (Å²) in [7, 11) is 0. The predicted molar refractivity (Wildman–Crippen MR) is 95.5 cm³/mol. The normalized spacial score (nSPS) is 13.8. The molecule has 13 heteroatoms. The number of hydrogen-bond acceptors (Lipinski definition) is 7. The third kappa shape index (κ3) is 9.68. The summed E-state index contributed by atoms with van der Waals surface area (Å²) in [5.74, 6) is -4.49. The number of carbonyl (C=O) groups excluding carboxylic acids is 2. The topological polar surface area (TPSA) is 223 Å². The molecule has 0 aromatic rings. The monoisotopic (exact) mass is 392 g/mol. The lowest BCUT2D eigenvalue weighted by Crippen LogP contribution is -2.55. The molecule has 26 heavy (non-hydrogen) atoms. The molecule has 0 aliphatic heterocycles. The summed E-state index contributed by atoms with van der Waals surface area (Å²) >= 11 is 3.83. The van der Waals surface area contributed by atoms with Gasteiger partial charge in [-0.3, -0.25) is 19.4 Å². The second-order valence-corrected chi connectivity index (χ2v) is 5.66. The average molecular weight is 392 g/mol. The molecule has 0 spiro atoms. The van der Waals surface area contributed by atoms with Crippen LogP contribution >= 0.6 is 12.6 Å². The first-order valence-corrected chi connectivity index (χ1v) is 8.18. The Bertz CT molecular complexity index is 553. The van der Waals surface area contributed by atoms with Crippen molar-refractivity contribution in [1.82, 2.24) is 10.6 Å². The minimum absolute atomic E-state index is 0.0764. The van der Waals surface area contributed by atoms with Gasteiger partial charge in [-0.2, -0.15) is 12.6 Å². The first-order valence-electron chi connectivity index (χ1n) is 7.55. The summed E-state index contributed by atoms with van der Waals surface area (Å²) in [5.41, 5.74) is 15.8. The Labute approximate surface area is 155 Å². The third-order valence-electron chi connectivity index (χ3n) is 3.11. The molecule has 12 nitrogen and oxygen atoms in total. The number of guanidine groups is 1. The van der Waals surface area contributed by atoms with Gasteiger partial charge in [-0.25, -0.2) is 4.79 Å². The van der Waals surface area contributed by atoms with Gasteiger partial charge in [-0.1, -0.05) is 0 Å². The van der Waals surface area contributed by atoms with Crippen molar-refractivity contribution in [2.24, 2.45) is 22.2 Å². The molecule has 0 unspecified atom stereocenters. The molecule has 148 valence electrons. The van der Waals surface area contributed by atoms with Gasteiger partial charge in [-0.15, -0.1) is 0 Å². The molecular formula is C13H24N6O6S. The van der Waals surface area contributed by atoms with Gasteiger partial charge in [0, 0.05) is 12.3 Å². The van der Waals surface area contributed by atoms with Crippen molar-refractivity contribution < 1.29 is 29.4 Å². The van der Waals surface area contributed by atoms with E-state index in [1.165, 1.54) is 0 Å². The van der Waals surface area contributed by atoms with Gasteiger partial charge in [0.1, 0.15) is 12.1 Å². The highest BCUT2D eigenvalue weighted by atomic mass is 32.1. The summed E-state index contributed by atoms with van der Waals surface area (Å²) in [6.45, 7) is 0.179. The molecule has 0 aromatic carbocycles. The van der Waals surface area contributed by atoms with E-state index in [0.717, 1.165) is 0 Å². The Morgan fingerprint density at radius 1 is 1.04 bits per heavy atom. The molecule has 0 aliphatic rings. The number of amides is 2. The van der Waals surface area contributed by atoms with Crippen LogP contribution in [0.3, 0.4) is 0 Å². The molecule has 0 rings (SSSR count). The van der Waals surface area contributed by atoms with Crippen LogP contribution in [0.1, 0.15) is 19.3 Å². The van der Waals surface area contributed by atoms with Crippen LogP contribution in [0.4, 0.5) is 0 Å². The minimum atomic E-state index is -1.36. The van der Waals surface area contributed by atoms with E-state index in [4.69, 9.17) is 27.4 Å². The van der Waals surface area contributed by atoms with E-state index in [2.05, 4.69) is 28.3 Å². The Balaban J connectivity index is 4.99. The number of carbonyl (C=O) groups is 4. The number of nitrogens with zero attached hydrogens (tertiary/aromatic N) is 1. The van der Waals surface area contributed by atoms with Crippen LogP contribution in [0.5, 0.6) is 0 Å². The average Bonchev–Trinajstić information content (AvgIpc) is 2.53. The van der Waals surface area contributed by atoms with Gasteiger partial charge in [0.15, 0.2) is 5.96 Å². The maximum atomic E-state index is 12.3. The number of nitrogens with two attached hydrogens (primary N) is 3. The van der Waals surface area contributed by atoms with E-state index in [-0.39, 0.29) is 24.7 Å². The first-order chi connectivity index (χ1) is 12.1. The fourth-order valence-corrected chi connectivity index (χ4v) is 2.04. The predicted octanol–water partition coefficient (Wildman–Crippen LogP) is -3.17. The molecule has 0 radical (unpaired) electrons. The zero-order valence-electron chi connectivity index (χ0n) is 13.9. The van der Waals surface area contributed by atoms with Crippen molar-refractivity contribution >= 4 is 42.3 Å². The van der Waals surface area contributed by atoms with Crippen molar-refractivity contribution in [1.29, 1.82) is 0 Å². The van der Waals surface area contributed by atoms with Gasteiger partial charge in [0.05, 0.1) is 12.5 Å². The maximum absolute atomic E-state index is 12.3. The van der Waals surface area contributed by atoms with Crippen molar-refractivity contribution in [3.05, 3.63) is 0 Å².